The van der Waals surface area contributed by atoms with Crippen LogP contribution in [0.4, 0.5) is 4.39 Å². The number of carbonyl (C=O) groups excluding carboxylic acids is 1. The number of alkyl halides is 1. The molecule has 2 aromatic rings. The molecule has 0 bridgehead atoms. The molecule has 1 fully saturated rings. The van der Waals surface area contributed by atoms with Crippen molar-refractivity contribution in [2.75, 3.05) is 6.61 Å². The van der Waals surface area contributed by atoms with Gasteiger partial charge in [-0.25, -0.2) is 9.18 Å². The van der Waals surface area contributed by atoms with Gasteiger partial charge >= 0.3 is 5.97 Å². The number of hydrogen-bond donors (Lipinski definition) is 0. The van der Waals surface area contributed by atoms with Gasteiger partial charge in [0, 0.05) is 0 Å². The maximum Gasteiger partial charge on any atom is 0.348 e. The Kier molecular flexibility index (Phi) is 4.19. The van der Waals surface area contributed by atoms with E-state index in [1.807, 2.05) is 24.3 Å². The highest BCUT2D eigenvalue weighted by Gasteiger charge is 2.57. The summed E-state index contributed by atoms with van der Waals surface area (Å²) >= 11 is 0. The quantitative estimate of drug-likeness (QED) is 0.795. The Hall–Kier alpha value is -2.56. The van der Waals surface area contributed by atoms with Crippen molar-refractivity contribution in [2.45, 2.75) is 24.8 Å². The first-order chi connectivity index (χ1) is 11.1. The Morgan fingerprint density at radius 3 is 2.22 bits per heavy atom. The zero-order valence-electron chi connectivity index (χ0n) is 12.6. The average Bonchev–Trinajstić information content (AvgIpc) is 2.78. The van der Waals surface area contributed by atoms with Crippen LogP contribution < -0.4 is 9.47 Å². The number of para-hydroxylation sites is 2. The third-order valence-corrected chi connectivity index (χ3v) is 3.69. The molecular formula is C18H17FO4. The van der Waals surface area contributed by atoms with Gasteiger partial charge in [-0.2, -0.15) is 0 Å². The van der Waals surface area contributed by atoms with E-state index in [-0.39, 0.29) is 6.61 Å². The lowest BCUT2D eigenvalue weighted by Gasteiger charge is -2.24. The van der Waals surface area contributed by atoms with Gasteiger partial charge in [-0.05, 0) is 31.2 Å². The van der Waals surface area contributed by atoms with Crippen LogP contribution in [0.25, 0.3) is 0 Å². The summed E-state index contributed by atoms with van der Waals surface area (Å²) in [6, 6.07) is 17.9. The maximum atomic E-state index is 14.7. The maximum absolute atomic E-state index is 14.7. The molecule has 2 aromatic carbocycles. The van der Waals surface area contributed by atoms with Crippen molar-refractivity contribution in [3.8, 4) is 11.5 Å². The summed E-state index contributed by atoms with van der Waals surface area (Å²) in [4.78, 5) is 11.8. The number of rotatable bonds is 5. The highest BCUT2D eigenvalue weighted by atomic mass is 19.1. The molecule has 5 heteroatoms. The van der Waals surface area contributed by atoms with Crippen LogP contribution in [0.3, 0.4) is 0 Å². The number of benzene rings is 2. The highest BCUT2D eigenvalue weighted by Crippen LogP contribution is 2.33. The molecule has 3 atom stereocenters. The zero-order valence-corrected chi connectivity index (χ0v) is 12.6. The van der Waals surface area contributed by atoms with E-state index in [4.69, 9.17) is 14.2 Å². The lowest BCUT2D eigenvalue weighted by molar-refractivity contribution is -0.150. The third kappa shape index (κ3) is 3.28. The smallest absolute Gasteiger partial charge is 0.348 e. The molecule has 0 amide bonds. The molecule has 1 aliphatic heterocycles. The Morgan fingerprint density at radius 2 is 1.61 bits per heavy atom. The molecule has 23 heavy (non-hydrogen) atoms. The second-order valence-corrected chi connectivity index (χ2v) is 5.49. The largest absolute Gasteiger partial charge is 0.490 e. The predicted molar refractivity (Wildman–Crippen MR) is 82.2 cm³/mol. The van der Waals surface area contributed by atoms with Crippen LogP contribution in [0.15, 0.2) is 60.7 Å². The fourth-order valence-electron chi connectivity index (χ4n) is 2.43. The summed E-state index contributed by atoms with van der Waals surface area (Å²) < 4.78 is 31.0. The summed E-state index contributed by atoms with van der Waals surface area (Å²) in [5.41, 5.74) is -2.22. The molecule has 120 valence electrons. The first-order valence-corrected chi connectivity index (χ1v) is 7.37. The molecule has 0 unspecified atom stereocenters. The number of halogens is 1. The Labute approximate surface area is 133 Å². The lowest BCUT2D eigenvalue weighted by atomic mass is 10.0. The first-order valence-electron chi connectivity index (χ1n) is 7.37. The Bertz CT molecular complexity index is 657. The summed E-state index contributed by atoms with van der Waals surface area (Å²) in [5.74, 6) is 0.166. The van der Waals surface area contributed by atoms with Crippen LogP contribution in [-0.4, -0.2) is 30.5 Å². The molecular weight excluding hydrogens is 299 g/mol. The van der Waals surface area contributed by atoms with Crippen molar-refractivity contribution in [1.82, 2.24) is 0 Å². The van der Waals surface area contributed by atoms with E-state index in [9.17, 15) is 9.18 Å². The minimum atomic E-state index is -2.22. The van der Waals surface area contributed by atoms with Crippen molar-refractivity contribution in [1.29, 1.82) is 0 Å². The lowest BCUT2D eigenvalue weighted by Crippen LogP contribution is -2.45. The summed E-state index contributed by atoms with van der Waals surface area (Å²) in [6.07, 6.45) is -1.89. The van der Waals surface area contributed by atoms with Crippen molar-refractivity contribution in [3.05, 3.63) is 60.7 Å². The monoisotopic (exact) mass is 316 g/mol. The number of carbonyl (C=O) groups is 1. The van der Waals surface area contributed by atoms with Crippen LogP contribution >= 0.6 is 0 Å². The van der Waals surface area contributed by atoms with Crippen LogP contribution in [0.5, 0.6) is 11.5 Å². The van der Waals surface area contributed by atoms with Gasteiger partial charge in [0.2, 0.25) is 5.67 Å². The van der Waals surface area contributed by atoms with E-state index >= 15 is 0 Å². The second kappa shape index (κ2) is 6.28. The molecule has 3 rings (SSSR count). The van der Waals surface area contributed by atoms with E-state index in [0.717, 1.165) is 0 Å². The molecule has 1 aliphatic rings. The molecule has 4 nitrogen and oxygen atoms in total. The molecule has 0 aliphatic carbocycles. The summed E-state index contributed by atoms with van der Waals surface area (Å²) in [6.45, 7) is 1.19. The van der Waals surface area contributed by atoms with Gasteiger partial charge in [-0.3, -0.25) is 0 Å². The standard InChI is InChI=1S/C18H17FO4/c1-18(19)16(22-14-10-6-3-7-11-14)15(23-17(18)20)12-21-13-8-4-2-5-9-13/h2-11,15-16H,12H2,1H3/t15-,16-,18-/m1/s1. The first kappa shape index (κ1) is 15.3. The van der Waals surface area contributed by atoms with E-state index in [1.165, 1.54) is 6.92 Å². The van der Waals surface area contributed by atoms with E-state index < -0.39 is 23.8 Å². The molecule has 1 heterocycles. The van der Waals surface area contributed by atoms with E-state index in [1.54, 1.807) is 36.4 Å². The van der Waals surface area contributed by atoms with Gasteiger partial charge < -0.3 is 14.2 Å². The predicted octanol–water partition coefficient (Wildman–Crippen LogP) is 3.17. The van der Waals surface area contributed by atoms with Crippen LogP contribution in [-0.2, 0) is 9.53 Å². The normalized spacial score (nSPS) is 26.6. The molecule has 0 radical (unpaired) electrons. The minimum absolute atomic E-state index is 0.0206. The van der Waals surface area contributed by atoms with Crippen LogP contribution in [0.2, 0.25) is 0 Å². The second-order valence-electron chi connectivity index (χ2n) is 5.49. The Morgan fingerprint density at radius 1 is 1.04 bits per heavy atom. The Balaban J connectivity index is 1.73. The van der Waals surface area contributed by atoms with Crippen LogP contribution in [0.1, 0.15) is 6.92 Å². The van der Waals surface area contributed by atoms with E-state index in [0.29, 0.717) is 11.5 Å². The summed E-state index contributed by atoms with van der Waals surface area (Å²) in [7, 11) is 0. The molecule has 1 saturated heterocycles. The van der Waals surface area contributed by atoms with Crippen molar-refractivity contribution in [3.63, 3.8) is 0 Å². The van der Waals surface area contributed by atoms with Gasteiger partial charge in [0.1, 0.15) is 18.1 Å². The summed E-state index contributed by atoms with van der Waals surface area (Å²) in [5, 5.41) is 0. The average molecular weight is 316 g/mol. The molecule has 0 saturated carbocycles. The molecule has 0 aromatic heterocycles. The number of ether oxygens (including phenoxy) is 3. The van der Waals surface area contributed by atoms with Gasteiger partial charge in [0.05, 0.1) is 0 Å². The number of cyclic esters (lactones) is 1. The topological polar surface area (TPSA) is 44.8 Å². The van der Waals surface area contributed by atoms with Crippen molar-refractivity contribution < 1.29 is 23.4 Å². The zero-order chi connectivity index (χ0) is 16.3. The number of esters is 1. The van der Waals surface area contributed by atoms with Crippen LogP contribution in [0, 0.1) is 0 Å². The molecule has 0 N–H and O–H groups in total. The van der Waals surface area contributed by atoms with Crippen molar-refractivity contribution >= 4 is 5.97 Å². The SMILES string of the molecule is C[C@]1(F)C(=O)O[C@H](COc2ccccc2)[C@H]1Oc1ccccc1. The van der Waals surface area contributed by atoms with Crippen molar-refractivity contribution in [2.24, 2.45) is 0 Å². The number of hydrogen-bond acceptors (Lipinski definition) is 4. The van der Waals surface area contributed by atoms with Gasteiger partial charge in [0.15, 0.2) is 12.2 Å². The molecule has 0 spiro atoms. The highest BCUT2D eigenvalue weighted by molar-refractivity contribution is 5.82. The van der Waals surface area contributed by atoms with E-state index in [2.05, 4.69) is 0 Å². The fourth-order valence-corrected chi connectivity index (χ4v) is 2.43. The van der Waals surface area contributed by atoms with Gasteiger partial charge in [0.25, 0.3) is 0 Å². The van der Waals surface area contributed by atoms with Gasteiger partial charge in [-0.15, -0.1) is 0 Å². The third-order valence-electron chi connectivity index (χ3n) is 3.69. The van der Waals surface area contributed by atoms with Gasteiger partial charge in [-0.1, -0.05) is 36.4 Å². The fraction of sp³-hybridized carbons (Fsp3) is 0.278. The minimum Gasteiger partial charge on any atom is -0.490 e.